The first-order valence-corrected chi connectivity index (χ1v) is 9.79. The van der Waals surface area contributed by atoms with Gasteiger partial charge in [0.15, 0.2) is 0 Å². The molecule has 0 aliphatic heterocycles. The van der Waals surface area contributed by atoms with Crippen LogP contribution < -0.4 is 10.0 Å². The maximum absolute atomic E-state index is 12.7. The summed E-state index contributed by atoms with van der Waals surface area (Å²) in [6, 6.07) is 11.4. The maximum atomic E-state index is 12.7. The van der Waals surface area contributed by atoms with Gasteiger partial charge in [-0.3, -0.25) is 9.52 Å². The molecule has 2 aromatic rings. The highest BCUT2D eigenvalue weighted by Gasteiger charge is 2.20. The Morgan fingerprint density at radius 2 is 1.88 bits per heavy atom. The van der Waals surface area contributed by atoms with Crippen molar-refractivity contribution in [1.82, 2.24) is 0 Å². The van der Waals surface area contributed by atoms with E-state index in [1.807, 2.05) is 13.8 Å². The first-order valence-electron chi connectivity index (χ1n) is 7.93. The van der Waals surface area contributed by atoms with Gasteiger partial charge in [0.25, 0.3) is 10.0 Å². The molecule has 0 bridgehead atoms. The van der Waals surface area contributed by atoms with Gasteiger partial charge in [0.1, 0.15) is 0 Å². The third-order valence-electron chi connectivity index (χ3n) is 3.92. The van der Waals surface area contributed by atoms with E-state index < -0.39 is 10.0 Å². The van der Waals surface area contributed by atoms with Gasteiger partial charge in [0.2, 0.25) is 5.91 Å². The minimum atomic E-state index is -3.84. The zero-order chi connectivity index (χ0) is 18.6. The fraction of sp³-hybridized carbons (Fsp3) is 0.278. The second-order valence-electron chi connectivity index (χ2n) is 5.86. The van der Waals surface area contributed by atoms with E-state index in [2.05, 4.69) is 10.0 Å². The van der Waals surface area contributed by atoms with E-state index in [-0.39, 0.29) is 16.7 Å². The first-order chi connectivity index (χ1) is 11.7. The Balaban J connectivity index is 2.33. The van der Waals surface area contributed by atoms with Crippen LogP contribution >= 0.6 is 11.6 Å². The predicted molar refractivity (Wildman–Crippen MR) is 102 cm³/mol. The van der Waals surface area contributed by atoms with Crippen LogP contribution in [0.5, 0.6) is 0 Å². The number of carbonyl (C=O) groups excluding carboxylic acids is 1. The van der Waals surface area contributed by atoms with Crippen LogP contribution in [0.3, 0.4) is 0 Å². The summed E-state index contributed by atoms with van der Waals surface area (Å²) >= 11 is 6.02. The summed E-state index contributed by atoms with van der Waals surface area (Å²) in [6.45, 7) is 5.43. The number of anilines is 2. The number of benzene rings is 2. The number of amides is 1. The summed E-state index contributed by atoms with van der Waals surface area (Å²) in [4.78, 5) is 12.1. The monoisotopic (exact) mass is 380 g/mol. The molecule has 1 atom stereocenters. The molecule has 2 N–H and O–H groups in total. The van der Waals surface area contributed by atoms with E-state index in [1.54, 1.807) is 43.3 Å². The van der Waals surface area contributed by atoms with Crippen LogP contribution in [-0.2, 0) is 14.8 Å². The van der Waals surface area contributed by atoms with Gasteiger partial charge < -0.3 is 5.32 Å². The zero-order valence-corrected chi connectivity index (χ0v) is 15.9. The lowest BCUT2D eigenvalue weighted by atomic mass is 10.1. The smallest absolute Gasteiger partial charge is 0.262 e. The maximum Gasteiger partial charge on any atom is 0.262 e. The Labute approximate surface area is 153 Å². The van der Waals surface area contributed by atoms with Gasteiger partial charge in [-0.25, -0.2) is 8.42 Å². The fourth-order valence-electron chi connectivity index (χ4n) is 2.16. The SMILES string of the molecule is CC[C@H](C)C(=O)Nc1ccc(C)c(S(=O)(=O)Nc2ccccc2Cl)c1. The molecule has 0 radical (unpaired) electrons. The number of sulfonamides is 1. The summed E-state index contributed by atoms with van der Waals surface area (Å²) in [7, 11) is -3.84. The second-order valence-corrected chi connectivity index (χ2v) is 7.92. The molecular weight excluding hydrogens is 360 g/mol. The van der Waals surface area contributed by atoms with Crippen LogP contribution in [0.4, 0.5) is 11.4 Å². The van der Waals surface area contributed by atoms with Crippen molar-refractivity contribution in [1.29, 1.82) is 0 Å². The van der Waals surface area contributed by atoms with Gasteiger partial charge in [-0.15, -0.1) is 0 Å². The van der Waals surface area contributed by atoms with Crippen molar-refractivity contribution in [2.45, 2.75) is 32.1 Å². The lowest BCUT2D eigenvalue weighted by Gasteiger charge is -2.14. The lowest BCUT2D eigenvalue weighted by molar-refractivity contribution is -0.119. The topological polar surface area (TPSA) is 75.3 Å². The van der Waals surface area contributed by atoms with Crippen molar-refractivity contribution in [3.63, 3.8) is 0 Å². The van der Waals surface area contributed by atoms with E-state index in [0.717, 1.165) is 0 Å². The number of hydrogen-bond donors (Lipinski definition) is 2. The average Bonchev–Trinajstić information content (AvgIpc) is 2.57. The van der Waals surface area contributed by atoms with Crippen molar-refractivity contribution in [2.75, 3.05) is 10.0 Å². The molecule has 0 heterocycles. The molecule has 0 saturated carbocycles. The number of aryl methyl sites for hydroxylation is 1. The van der Waals surface area contributed by atoms with Crippen molar-refractivity contribution in [3.05, 3.63) is 53.1 Å². The van der Waals surface area contributed by atoms with E-state index >= 15 is 0 Å². The number of carbonyl (C=O) groups is 1. The quantitative estimate of drug-likeness (QED) is 0.778. The van der Waals surface area contributed by atoms with E-state index in [4.69, 9.17) is 11.6 Å². The molecule has 0 aromatic heterocycles. The van der Waals surface area contributed by atoms with E-state index in [0.29, 0.717) is 28.4 Å². The van der Waals surface area contributed by atoms with Crippen molar-refractivity contribution < 1.29 is 13.2 Å². The number of nitrogens with one attached hydrogen (secondary N) is 2. The van der Waals surface area contributed by atoms with Crippen molar-refractivity contribution >= 4 is 38.9 Å². The Bertz CT molecular complexity index is 882. The molecule has 0 fully saturated rings. The van der Waals surface area contributed by atoms with Crippen molar-refractivity contribution in [3.8, 4) is 0 Å². The molecule has 2 aromatic carbocycles. The third kappa shape index (κ3) is 4.74. The molecule has 0 saturated heterocycles. The minimum absolute atomic E-state index is 0.0920. The molecule has 25 heavy (non-hydrogen) atoms. The van der Waals surface area contributed by atoms with Crippen molar-refractivity contribution in [2.24, 2.45) is 5.92 Å². The fourth-order valence-corrected chi connectivity index (χ4v) is 3.75. The average molecular weight is 381 g/mol. The van der Waals surface area contributed by atoms with Crippen LogP contribution in [0.15, 0.2) is 47.4 Å². The molecule has 0 unspecified atom stereocenters. The van der Waals surface area contributed by atoms with Gasteiger partial charge in [-0.1, -0.05) is 43.6 Å². The highest BCUT2D eigenvalue weighted by molar-refractivity contribution is 7.92. The number of para-hydroxylation sites is 1. The van der Waals surface area contributed by atoms with Crippen LogP contribution in [0, 0.1) is 12.8 Å². The summed E-state index contributed by atoms with van der Waals surface area (Å²) in [5.41, 5.74) is 1.31. The summed E-state index contributed by atoms with van der Waals surface area (Å²) < 4.78 is 27.9. The van der Waals surface area contributed by atoms with Gasteiger partial charge in [-0.05, 0) is 43.2 Å². The molecule has 2 rings (SSSR count). The Kier molecular flexibility index (Phi) is 6.08. The molecule has 134 valence electrons. The Morgan fingerprint density at radius 3 is 2.52 bits per heavy atom. The van der Waals surface area contributed by atoms with Crippen LogP contribution in [0.2, 0.25) is 5.02 Å². The molecule has 1 amide bonds. The second kappa shape index (κ2) is 7.89. The highest BCUT2D eigenvalue weighted by atomic mass is 35.5. The molecule has 0 aliphatic carbocycles. The molecule has 7 heteroatoms. The zero-order valence-electron chi connectivity index (χ0n) is 14.3. The van der Waals surface area contributed by atoms with Crippen LogP contribution in [-0.4, -0.2) is 14.3 Å². The Morgan fingerprint density at radius 1 is 1.20 bits per heavy atom. The number of halogens is 1. The summed E-state index contributed by atoms with van der Waals surface area (Å²) in [5, 5.41) is 3.06. The molecule has 0 aliphatic rings. The van der Waals surface area contributed by atoms with E-state index in [1.165, 1.54) is 6.07 Å². The van der Waals surface area contributed by atoms with Gasteiger partial charge >= 0.3 is 0 Å². The molecule has 0 spiro atoms. The van der Waals surface area contributed by atoms with Crippen LogP contribution in [0.1, 0.15) is 25.8 Å². The summed E-state index contributed by atoms with van der Waals surface area (Å²) in [6.07, 6.45) is 0.705. The van der Waals surface area contributed by atoms with Gasteiger partial charge in [0.05, 0.1) is 15.6 Å². The third-order valence-corrected chi connectivity index (χ3v) is 5.76. The lowest BCUT2D eigenvalue weighted by Crippen LogP contribution is -2.20. The van der Waals surface area contributed by atoms with Gasteiger partial charge in [0, 0.05) is 11.6 Å². The van der Waals surface area contributed by atoms with Crippen LogP contribution in [0.25, 0.3) is 0 Å². The largest absolute Gasteiger partial charge is 0.326 e. The Hall–Kier alpha value is -2.05. The standard InChI is InChI=1S/C18H21ClN2O3S/c1-4-12(2)18(22)20-14-10-9-13(3)17(11-14)25(23,24)21-16-8-6-5-7-15(16)19/h5-12,21H,4H2,1-3H3,(H,20,22)/t12-/m0/s1. The van der Waals surface area contributed by atoms with E-state index in [9.17, 15) is 13.2 Å². The first kappa shape index (κ1) is 19.3. The highest BCUT2D eigenvalue weighted by Crippen LogP contribution is 2.27. The molecule has 5 nitrogen and oxygen atoms in total. The number of hydrogen-bond acceptors (Lipinski definition) is 3. The number of rotatable bonds is 6. The van der Waals surface area contributed by atoms with Gasteiger partial charge in [-0.2, -0.15) is 0 Å². The summed E-state index contributed by atoms with van der Waals surface area (Å²) in [5.74, 6) is -0.295. The normalized spacial score (nSPS) is 12.5. The molecular formula is C18H21ClN2O3S. The predicted octanol–water partition coefficient (Wildman–Crippen LogP) is 4.43. The minimum Gasteiger partial charge on any atom is -0.326 e.